The van der Waals surface area contributed by atoms with Gasteiger partial charge in [-0.25, -0.2) is 0 Å². The van der Waals surface area contributed by atoms with Crippen molar-refractivity contribution in [3.8, 4) is 0 Å². The average molecular weight is 849 g/mol. The van der Waals surface area contributed by atoms with E-state index in [9.17, 15) is 19.5 Å². The predicted molar refractivity (Wildman–Crippen MR) is 252 cm³/mol. The summed E-state index contributed by atoms with van der Waals surface area (Å²) in [5.41, 5.74) is 0. The first kappa shape index (κ1) is 56.3. The van der Waals surface area contributed by atoms with Gasteiger partial charge in [0, 0.05) is 38.5 Å². The van der Waals surface area contributed by atoms with E-state index >= 15 is 0 Å². The number of carbonyl (C=O) groups excluding carboxylic acids is 3. The van der Waals surface area contributed by atoms with Gasteiger partial charge in [-0.15, -0.1) is 0 Å². The van der Waals surface area contributed by atoms with Gasteiger partial charge >= 0.3 is 11.9 Å². The van der Waals surface area contributed by atoms with E-state index in [1.54, 1.807) is 0 Å². The van der Waals surface area contributed by atoms with Crippen molar-refractivity contribution in [1.82, 2.24) is 9.80 Å². The van der Waals surface area contributed by atoms with Gasteiger partial charge < -0.3 is 19.5 Å². The Labute approximate surface area is 371 Å². The number of aliphatic hydroxyl groups excluding tert-OH is 1. The van der Waals surface area contributed by atoms with E-state index < -0.39 is 0 Å². The molecule has 0 aliphatic heterocycles. The van der Waals surface area contributed by atoms with E-state index in [-0.39, 0.29) is 24.5 Å². The second-order valence-electron chi connectivity index (χ2n) is 18.7. The smallest absolute Gasteiger partial charge is 0.305 e. The van der Waals surface area contributed by atoms with Crippen LogP contribution in [-0.4, -0.2) is 84.8 Å². The molecule has 0 aromatic rings. The third kappa shape index (κ3) is 32.1. The number of ether oxygens (including phenoxy) is 2. The number of amides is 1. The quantitative estimate of drug-likeness (QED) is 0.0481. The zero-order chi connectivity index (χ0) is 43.7. The molecule has 1 fully saturated rings. The fourth-order valence-corrected chi connectivity index (χ4v) is 8.74. The lowest BCUT2D eigenvalue weighted by atomic mass is 9.91. The fraction of sp³-hybridized carbons (Fsp3) is 0.942. The van der Waals surface area contributed by atoms with E-state index in [1.165, 1.54) is 135 Å². The van der Waals surface area contributed by atoms with Gasteiger partial charge in [-0.05, 0) is 76.0 Å². The predicted octanol–water partition coefficient (Wildman–Crippen LogP) is 13.5. The Morgan fingerprint density at radius 3 is 1.23 bits per heavy atom. The molecule has 0 aromatic carbocycles. The van der Waals surface area contributed by atoms with Gasteiger partial charge in [-0.1, -0.05) is 175 Å². The first-order valence-corrected chi connectivity index (χ1v) is 26.3. The van der Waals surface area contributed by atoms with Gasteiger partial charge in [-0.3, -0.25) is 19.3 Å². The molecule has 1 N–H and O–H groups in total. The molecule has 0 spiro atoms. The Hall–Kier alpha value is -1.67. The second kappa shape index (κ2) is 41.3. The molecular weight excluding hydrogens is 749 g/mol. The molecule has 1 aliphatic rings. The highest BCUT2D eigenvalue weighted by Gasteiger charge is 2.27. The summed E-state index contributed by atoms with van der Waals surface area (Å²) in [5.74, 6) is 0.918. The summed E-state index contributed by atoms with van der Waals surface area (Å²) in [4.78, 5) is 43.4. The maximum absolute atomic E-state index is 13.7. The lowest BCUT2D eigenvalue weighted by Crippen LogP contribution is -2.48. The summed E-state index contributed by atoms with van der Waals surface area (Å²) < 4.78 is 11.7. The molecule has 2 unspecified atom stereocenters. The van der Waals surface area contributed by atoms with Gasteiger partial charge in [0.25, 0.3) is 0 Å². The molecular formula is C52H100N2O6. The molecule has 8 heteroatoms. The lowest BCUT2D eigenvalue weighted by Gasteiger charge is -2.38. The van der Waals surface area contributed by atoms with Gasteiger partial charge in [-0.2, -0.15) is 0 Å². The van der Waals surface area contributed by atoms with Crippen molar-refractivity contribution >= 4 is 17.8 Å². The van der Waals surface area contributed by atoms with E-state index in [0.717, 1.165) is 77.0 Å². The zero-order valence-corrected chi connectivity index (χ0v) is 40.3. The van der Waals surface area contributed by atoms with Crippen LogP contribution in [0, 0.1) is 11.8 Å². The number of hydrogen-bond acceptors (Lipinski definition) is 7. The summed E-state index contributed by atoms with van der Waals surface area (Å²) >= 11 is 0. The molecule has 1 amide bonds. The van der Waals surface area contributed by atoms with Crippen LogP contribution in [0.3, 0.4) is 0 Å². The molecule has 0 bridgehead atoms. The number of carbonyl (C=O) groups is 3. The van der Waals surface area contributed by atoms with Crippen LogP contribution in [0.25, 0.3) is 0 Å². The van der Waals surface area contributed by atoms with Gasteiger partial charge in [0.05, 0.1) is 26.4 Å². The van der Waals surface area contributed by atoms with Crippen LogP contribution in [0.5, 0.6) is 0 Å². The molecule has 1 saturated carbocycles. The minimum atomic E-state index is -0.0802. The van der Waals surface area contributed by atoms with Crippen molar-refractivity contribution in [2.24, 2.45) is 11.8 Å². The Morgan fingerprint density at radius 1 is 0.500 bits per heavy atom. The Bertz CT molecular complexity index is 932. The zero-order valence-electron chi connectivity index (χ0n) is 40.3. The first-order valence-electron chi connectivity index (χ1n) is 26.3. The third-order valence-corrected chi connectivity index (χ3v) is 13.1. The largest absolute Gasteiger partial charge is 0.465 e. The van der Waals surface area contributed by atoms with Crippen molar-refractivity contribution in [2.45, 2.75) is 258 Å². The number of nitrogens with zero attached hydrogens (tertiary/aromatic N) is 2. The summed E-state index contributed by atoms with van der Waals surface area (Å²) in [6, 6.07) is 0.392. The van der Waals surface area contributed by atoms with Crippen LogP contribution in [0.1, 0.15) is 252 Å². The molecule has 1 rings (SSSR count). The molecule has 60 heavy (non-hydrogen) atoms. The third-order valence-electron chi connectivity index (χ3n) is 13.1. The van der Waals surface area contributed by atoms with Crippen LogP contribution in [0.15, 0.2) is 0 Å². The summed E-state index contributed by atoms with van der Waals surface area (Å²) in [7, 11) is 0. The number of unbranched alkanes of at least 4 members (excludes halogenated alkanes) is 20. The van der Waals surface area contributed by atoms with Crippen molar-refractivity contribution in [3.63, 3.8) is 0 Å². The molecule has 0 heterocycles. The minimum absolute atomic E-state index is 0.0628. The highest BCUT2D eigenvalue weighted by molar-refractivity contribution is 5.78. The van der Waals surface area contributed by atoms with Crippen molar-refractivity contribution in [3.05, 3.63) is 0 Å². The molecule has 0 radical (unpaired) electrons. The Kier molecular flexibility index (Phi) is 38.8. The second-order valence-corrected chi connectivity index (χ2v) is 18.7. The van der Waals surface area contributed by atoms with E-state index in [4.69, 9.17) is 9.47 Å². The monoisotopic (exact) mass is 849 g/mol. The summed E-state index contributed by atoms with van der Waals surface area (Å²) in [5, 5.41) is 9.71. The standard InChI is InChI=1S/C52H100N2O6/c1-5-9-13-17-19-25-34-47(32-23-15-11-7-3)45-59-51(57)38-27-21-29-40-53(50(56)44-54(42-43-55)49-36-31-37-49)41-30-22-28-39-52(58)60-46-48(33-24-16-12-8-4)35-26-20-18-14-10-6-2/h47-49,55H,5-46H2,1-4H3. The topological polar surface area (TPSA) is 96.4 Å². The maximum atomic E-state index is 13.7. The maximum Gasteiger partial charge on any atom is 0.305 e. The average Bonchev–Trinajstić information content (AvgIpc) is 3.22. The molecule has 1 aliphatic carbocycles. The van der Waals surface area contributed by atoms with Crippen LogP contribution in [0.2, 0.25) is 0 Å². The van der Waals surface area contributed by atoms with Crippen molar-refractivity contribution < 1.29 is 29.0 Å². The number of hydrogen-bond donors (Lipinski definition) is 1. The van der Waals surface area contributed by atoms with Crippen LogP contribution >= 0.6 is 0 Å². The summed E-state index contributed by atoms with van der Waals surface area (Å²) in [6.07, 6.45) is 39.5. The van der Waals surface area contributed by atoms with Crippen molar-refractivity contribution in [2.75, 3.05) is 46.0 Å². The lowest BCUT2D eigenvalue weighted by molar-refractivity contribution is -0.146. The Balaban J connectivity index is 2.54. The normalized spacial score (nSPS) is 14.0. The molecule has 0 saturated heterocycles. The molecule has 0 aromatic heterocycles. The van der Waals surface area contributed by atoms with Gasteiger partial charge in [0.15, 0.2) is 0 Å². The number of aliphatic hydroxyl groups is 1. The van der Waals surface area contributed by atoms with E-state index in [1.807, 2.05) is 4.90 Å². The molecule has 8 nitrogen and oxygen atoms in total. The number of esters is 2. The number of rotatable bonds is 45. The molecule has 354 valence electrons. The Morgan fingerprint density at radius 2 is 0.867 bits per heavy atom. The van der Waals surface area contributed by atoms with Crippen LogP contribution in [-0.2, 0) is 23.9 Å². The van der Waals surface area contributed by atoms with Crippen LogP contribution < -0.4 is 0 Å². The van der Waals surface area contributed by atoms with Crippen LogP contribution in [0.4, 0.5) is 0 Å². The summed E-state index contributed by atoms with van der Waals surface area (Å²) in [6.45, 7) is 12.4. The van der Waals surface area contributed by atoms with Gasteiger partial charge in [0.2, 0.25) is 5.91 Å². The fourth-order valence-electron chi connectivity index (χ4n) is 8.74. The van der Waals surface area contributed by atoms with Gasteiger partial charge in [0.1, 0.15) is 0 Å². The highest BCUT2D eigenvalue weighted by Crippen LogP contribution is 2.25. The van der Waals surface area contributed by atoms with Crippen molar-refractivity contribution in [1.29, 1.82) is 0 Å². The van der Waals surface area contributed by atoms with E-state index in [0.29, 0.717) is 70.1 Å². The SMILES string of the molecule is CCCCCCCCC(CCCCCC)COC(=O)CCCCCN(CCCCCC(=O)OCC(CCCCCC)CCCCCCCC)C(=O)CN(CCO)C1CCC1. The minimum Gasteiger partial charge on any atom is -0.465 e. The molecule has 2 atom stereocenters. The highest BCUT2D eigenvalue weighted by atomic mass is 16.5. The first-order chi connectivity index (χ1) is 29.4. The van der Waals surface area contributed by atoms with E-state index in [2.05, 4.69) is 32.6 Å².